The van der Waals surface area contributed by atoms with Crippen LogP contribution in [0.25, 0.3) is 10.9 Å². The van der Waals surface area contributed by atoms with Crippen molar-refractivity contribution in [3.8, 4) is 0 Å². The molecule has 5 heteroatoms. The van der Waals surface area contributed by atoms with Crippen molar-refractivity contribution in [2.24, 2.45) is 17.8 Å². The molecule has 2 aliphatic heterocycles. The summed E-state index contributed by atoms with van der Waals surface area (Å²) in [6.07, 6.45) is 2.97. The third kappa shape index (κ3) is 2.74. The number of rotatable bonds is 4. The Bertz CT molecular complexity index is 800. The van der Waals surface area contributed by atoms with Gasteiger partial charge >= 0.3 is 5.97 Å². The highest BCUT2D eigenvalue weighted by molar-refractivity contribution is 5.85. The van der Waals surface area contributed by atoms with E-state index in [1.54, 1.807) is 0 Å². The van der Waals surface area contributed by atoms with Gasteiger partial charge in [-0.2, -0.15) is 0 Å². The molecule has 0 radical (unpaired) electrons. The molecule has 0 aliphatic carbocycles. The van der Waals surface area contributed by atoms with Gasteiger partial charge in [0.2, 0.25) is 0 Å². The highest BCUT2D eigenvalue weighted by atomic mass is 16.5. The minimum atomic E-state index is -0.429. The molecule has 0 amide bonds. The molecule has 1 aromatic carbocycles. The van der Waals surface area contributed by atoms with Gasteiger partial charge in [0.1, 0.15) is 0 Å². The van der Waals surface area contributed by atoms with E-state index in [-0.39, 0.29) is 24.5 Å². The van der Waals surface area contributed by atoms with Crippen molar-refractivity contribution in [3.63, 3.8) is 0 Å². The Kier molecular flexibility index (Phi) is 4.76. The largest absolute Gasteiger partial charge is 0.469 e. The average molecular weight is 356 g/mol. The standard InChI is InChI=1S/C21H28N2O3/c1-3-13-11-23-9-8-15-14-6-4-5-7-18(14)22-20(15)19(23)10-16(13)17(12-24)21(25)26-2/h4-7,13,16-17,19,22,24H,3,8-12H2,1-2H3/t13-,16-,17+,19+/m0/s1. The Morgan fingerprint density at radius 1 is 1.42 bits per heavy atom. The van der Waals surface area contributed by atoms with E-state index in [0.29, 0.717) is 5.92 Å². The number of hydrogen-bond acceptors (Lipinski definition) is 4. The number of aliphatic hydroxyl groups excluding tert-OH is 1. The summed E-state index contributed by atoms with van der Waals surface area (Å²) in [4.78, 5) is 18.5. The highest BCUT2D eigenvalue weighted by Crippen LogP contribution is 2.45. The van der Waals surface area contributed by atoms with Crippen LogP contribution in [0.15, 0.2) is 24.3 Å². The van der Waals surface area contributed by atoms with E-state index in [4.69, 9.17) is 4.74 Å². The zero-order chi connectivity index (χ0) is 18.3. The third-order valence-electron chi connectivity index (χ3n) is 6.58. The normalized spacial score (nSPS) is 27.0. The van der Waals surface area contributed by atoms with Gasteiger partial charge < -0.3 is 14.8 Å². The van der Waals surface area contributed by atoms with E-state index in [2.05, 4.69) is 41.1 Å². The lowest BCUT2D eigenvalue weighted by Gasteiger charge is -2.47. The summed E-state index contributed by atoms with van der Waals surface area (Å²) >= 11 is 0. The summed E-state index contributed by atoms with van der Waals surface area (Å²) < 4.78 is 4.98. The van der Waals surface area contributed by atoms with Crippen LogP contribution in [0.5, 0.6) is 0 Å². The number of piperidine rings is 1. The lowest BCUT2D eigenvalue weighted by molar-refractivity contribution is -0.152. The minimum Gasteiger partial charge on any atom is -0.469 e. The molecule has 2 N–H and O–H groups in total. The predicted octanol–water partition coefficient (Wildman–Crippen LogP) is 2.89. The number of methoxy groups -OCH3 is 1. The fraction of sp³-hybridized carbons (Fsp3) is 0.571. The fourth-order valence-corrected chi connectivity index (χ4v) is 5.20. The molecule has 0 saturated carbocycles. The first-order valence-electron chi connectivity index (χ1n) is 9.70. The number of aromatic nitrogens is 1. The number of benzene rings is 1. The first-order valence-corrected chi connectivity index (χ1v) is 9.70. The number of hydrogen-bond donors (Lipinski definition) is 2. The number of nitrogens with zero attached hydrogens (tertiary/aromatic N) is 1. The van der Waals surface area contributed by atoms with Gasteiger partial charge in [-0.05, 0) is 36.3 Å². The first-order chi connectivity index (χ1) is 12.7. The number of aliphatic hydroxyl groups is 1. The maximum Gasteiger partial charge on any atom is 0.311 e. The second kappa shape index (κ2) is 7.05. The smallest absolute Gasteiger partial charge is 0.311 e. The van der Waals surface area contributed by atoms with Crippen molar-refractivity contribution in [2.45, 2.75) is 32.2 Å². The molecule has 3 heterocycles. The van der Waals surface area contributed by atoms with Crippen LogP contribution in [0.1, 0.15) is 37.1 Å². The van der Waals surface area contributed by atoms with Gasteiger partial charge in [0, 0.05) is 29.7 Å². The van der Waals surface area contributed by atoms with Crippen LogP contribution in [0.3, 0.4) is 0 Å². The molecule has 2 aromatic rings. The van der Waals surface area contributed by atoms with E-state index in [1.165, 1.54) is 29.3 Å². The Morgan fingerprint density at radius 3 is 2.96 bits per heavy atom. The number of ether oxygens (including phenoxy) is 1. The number of carbonyl (C=O) groups is 1. The molecule has 0 unspecified atom stereocenters. The van der Waals surface area contributed by atoms with Gasteiger partial charge in [-0.15, -0.1) is 0 Å². The molecule has 1 fully saturated rings. The maximum atomic E-state index is 12.2. The van der Waals surface area contributed by atoms with Crippen LogP contribution in [0, 0.1) is 17.8 Å². The number of H-pyrrole nitrogens is 1. The van der Waals surface area contributed by atoms with E-state index >= 15 is 0 Å². The van der Waals surface area contributed by atoms with Crippen molar-refractivity contribution < 1.29 is 14.6 Å². The summed E-state index contributed by atoms with van der Waals surface area (Å²) in [6.45, 7) is 4.08. The van der Waals surface area contributed by atoms with Crippen LogP contribution < -0.4 is 0 Å². The van der Waals surface area contributed by atoms with E-state index in [1.807, 2.05) is 0 Å². The van der Waals surface area contributed by atoms with E-state index < -0.39 is 5.92 Å². The number of aromatic amines is 1. The van der Waals surface area contributed by atoms with Crippen LogP contribution in [-0.4, -0.2) is 47.8 Å². The fourth-order valence-electron chi connectivity index (χ4n) is 5.20. The topological polar surface area (TPSA) is 65.6 Å². The SMILES string of the molecule is CC[C@H]1CN2CCc3c([nH]c4ccccc34)[C@H]2C[C@@H]1[C@@H](CO)C(=O)OC. The van der Waals surface area contributed by atoms with Gasteiger partial charge in [-0.3, -0.25) is 9.69 Å². The number of para-hydroxylation sites is 1. The molecule has 5 nitrogen and oxygen atoms in total. The summed E-state index contributed by atoms with van der Waals surface area (Å²) in [5.74, 6) is -0.150. The molecule has 4 atom stereocenters. The minimum absolute atomic E-state index is 0.139. The molecule has 1 saturated heterocycles. The molecule has 1 aromatic heterocycles. The Hall–Kier alpha value is -1.85. The van der Waals surface area contributed by atoms with Gasteiger partial charge in [-0.25, -0.2) is 0 Å². The quantitative estimate of drug-likeness (QED) is 0.827. The van der Waals surface area contributed by atoms with Gasteiger partial charge in [0.05, 0.1) is 25.7 Å². The lowest BCUT2D eigenvalue weighted by atomic mass is 9.71. The molecule has 2 aliphatic rings. The van der Waals surface area contributed by atoms with Crippen LogP contribution >= 0.6 is 0 Å². The monoisotopic (exact) mass is 356 g/mol. The second-order valence-electron chi connectivity index (χ2n) is 7.70. The summed E-state index contributed by atoms with van der Waals surface area (Å²) in [5.41, 5.74) is 3.92. The zero-order valence-corrected chi connectivity index (χ0v) is 15.6. The summed E-state index contributed by atoms with van der Waals surface area (Å²) in [6, 6.07) is 8.78. The van der Waals surface area contributed by atoms with Crippen molar-refractivity contribution in [1.82, 2.24) is 9.88 Å². The van der Waals surface area contributed by atoms with Gasteiger partial charge in [0.15, 0.2) is 0 Å². The summed E-state index contributed by atoms with van der Waals surface area (Å²) in [5, 5.41) is 11.2. The average Bonchev–Trinajstić information content (AvgIpc) is 3.07. The van der Waals surface area contributed by atoms with E-state index in [9.17, 15) is 9.90 Å². The van der Waals surface area contributed by atoms with Gasteiger partial charge in [0.25, 0.3) is 0 Å². The molecule has 0 bridgehead atoms. The lowest BCUT2D eigenvalue weighted by Crippen LogP contribution is -2.49. The second-order valence-corrected chi connectivity index (χ2v) is 7.70. The van der Waals surface area contributed by atoms with E-state index in [0.717, 1.165) is 32.4 Å². The highest BCUT2D eigenvalue weighted by Gasteiger charge is 2.44. The zero-order valence-electron chi connectivity index (χ0n) is 15.6. The van der Waals surface area contributed by atoms with Crippen molar-refractivity contribution >= 4 is 16.9 Å². The van der Waals surface area contributed by atoms with Crippen LogP contribution in [0.2, 0.25) is 0 Å². The van der Waals surface area contributed by atoms with Crippen LogP contribution in [-0.2, 0) is 16.0 Å². The predicted molar refractivity (Wildman–Crippen MR) is 101 cm³/mol. The Balaban J connectivity index is 1.70. The Morgan fingerprint density at radius 2 is 2.23 bits per heavy atom. The number of esters is 1. The molecule has 0 spiro atoms. The molecule has 26 heavy (non-hydrogen) atoms. The Labute approximate surface area is 154 Å². The van der Waals surface area contributed by atoms with Crippen molar-refractivity contribution in [2.75, 3.05) is 26.8 Å². The van der Waals surface area contributed by atoms with Crippen molar-refractivity contribution in [3.05, 3.63) is 35.5 Å². The molecular weight excluding hydrogens is 328 g/mol. The summed E-state index contributed by atoms with van der Waals surface area (Å²) in [7, 11) is 1.41. The third-order valence-corrected chi connectivity index (χ3v) is 6.58. The molecule has 140 valence electrons. The van der Waals surface area contributed by atoms with Crippen molar-refractivity contribution in [1.29, 1.82) is 0 Å². The maximum absolute atomic E-state index is 12.2. The molecular formula is C21H28N2O3. The van der Waals surface area contributed by atoms with Crippen LogP contribution in [0.4, 0.5) is 0 Å². The van der Waals surface area contributed by atoms with Gasteiger partial charge in [-0.1, -0.05) is 31.5 Å². The first kappa shape index (κ1) is 17.6. The number of nitrogens with one attached hydrogen (secondary N) is 1. The molecule has 4 rings (SSSR count). The number of fused-ring (bicyclic) bond motifs is 5. The number of carbonyl (C=O) groups excluding carboxylic acids is 1.